The molecule has 10 heteroatoms. The van der Waals surface area contributed by atoms with E-state index in [1.54, 1.807) is 12.3 Å². The molecule has 1 unspecified atom stereocenters. The molecule has 7 N–H and O–H groups in total. The van der Waals surface area contributed by atoms with E-state index in [1.807, 2.05) is 53.6 Å². The van der Waals surface area contributed by atoms with Gasteiger partial charge < -0.3 is 36.4 Å². The molecular weight excluding hydrogens is 533 g/mol. The SMILES string of the molecule is CCCC1Oc2cc(-c3cnc([C@H]4CCCN4C(=O)[C@@H](N)C(C)C)[nH]3)ccc2-c2c(F)c3cc(/C(N)=C/N)ccc3n21. The predicted molar refractivity (Wildman–Crippen MR) is 162 cm³/mol. The lowest BCUT2D eigenvalue weighted by molar-refractivity contribution is -0.134. The number of ether oxygens (including phenoxy) is 1. The molecule has 2 aliphatic heterocycles. The maximum Gasteiger partial charge on any atom is 0.240 e. The van der Waals surface area contributed by atoms with Crippen molar-refractivity contribution in [3.8, 4) is 28.3 Å². The summed E-state index contributed by atoms with van der Waals surface area (Å²) in [7, 11) is 0. The van der Waals surface area contributed by atoms with Crippen molar-refractivity contribution >= 4 is 22.5 Å². The van der Waals surface area contributed by atoms with Gasteiger partial charge in [-0.25, -0.2) is 9.37 Å². The number of rotatable bonds is 7. The smallest absolute Gasteiger partial charge is 0.240 e. The van der Waals surface area contributed by atoms with Crippen LogP contribution in [0.15, 0.2) is 48.8 Å². The summed E-state index contributed by atoms with van der Waals surface area (Å²) in [6.07, 6.45) is 6.04. The third-order valence-electron chi connectivity index (χ3n) is 8.54. The van der Waals surface area contributed by atoms with E-state index in [9.17, 15) is 4.79 Å². The Kier molecular flexibility index (Phi) is 7.18. The molecule has 220 valence electrons. The summed E-state index contributed by atoms with van der Waals surface area (Å²) in [5, 5.41) is 0.472. The van der Waals surface area contributed by atoms with Crippen LogP contribution in [0.4, 0.5) is 4.39 Å². The minimum atomic E-state index is -0.536. The zero-order chi connectivity index (χ0) is 29.7. The summed E-state index contributed by atoms with van der Waals surface area (Å²) in [6.45, 7) is 6.67. The first-order valence-electron chi connectivity index (χ1n) is 14.7. The lowest BCUT2D eigenvalue weighted by Crippen LogP contribution is -2.46. The van der Waals surface area contributed by atoms with Crippen molar-refractivity contribution in [1.82, 2.24) is 19.4 Å². The molecule has 0 bridgehead atoms. The number of hydrogen-bond acceptors (Lipinski definition) is 6. The van der Waals surface area contributed by atoms with Crippen molar-refractivity contribution < 1.29 is 13.9 Å². The van der Waals surface area contributed by atoms with Crippen molar-refractivity contribution in [3.05, 3.63) is 66.0 Å². The van der Waals surface area contributed by atoms with Crippen LogP contribution in [0.2, 0.25) is 0 Å². The maximum atomic E-state index is 16.1. The minimum Gasteiger partial charge on any atom is -0.469 e. The Hall–Kier alpha value is -4.31. The van der Waals surface area contributed by atoms with E-state index in [0.717, 1.165) is 41.9 Å². The molecule has 0 aliphatic carbocycles. The number of nitrogens with one attached hydrogen (secondary N) is 1. The second-order valence-corrected chi connectivity index (χ2v) is 11.6. The van der Waals surface area contributed by atoms with Crippen LogP contribution in [0.5, 0.6) is 5.75 Å². The highest BCUT2D eigenvalue weighted by atomic mass is 19.1. The molecule has 0 spiro atoms. The number of aromatic amines is 1. The molecule has 3 atom stereocenters. The van der Waals surface area contributed by atoms with Crippen LogP contribution in [0.3, 0.4) is 0 Å². The zero-order valence-corrected chi connectivity index (χ0v) is 24.2. The normalized spacial score (nSPS) is 19.2. The highest BCUT2D eigenvalue weighted by Crippen LogP contribution is 2.47. The Morgan fingerprint density at radius 1 is 1.26 bits per heavy atom. The number of nitrogens with zero attached hydrogens (tertiary/aromatic N) is 3. The molecule has 1 saturated heterocycles. The fourth-order valence-electron chi connectivity index (χ4n) is 6.16. The summed E-state index contributed by atoms with van der Waals surface area (Å²) >= 11 is 0. The Balaban J connectivity index is 1.37. The molecule has 2 aromatic heterocycles. The first-order valence-corrected chi connectivity index (χ1v) is 14.7. The largest absolute Gasteiger partial charge is 0.469 e. The van der Waals surface area contributed by atoms with Crippen LogP contribution in [-0.2, 0) is 4.79 Å². The molecule has 0 radical (unpaired) electrons. The first kappa shape index (κ1) is 27.8. The monoisotopic (exact) mass is 571 g/mol. The number of hydrogen-bond donors (Lipinski definition) is 4. The van der Waals surface area contributed by atoms with Gasteiger partial charge in [-0.05, 0) is 48.6 Å². The van der Waals surface area contributed by atoms with Crippen LogP contribution in [-0.4, -0.2) is 37.9 Å². The molecule has 2 aromatic carbocycles. The average molecular weight is 572 g/mol. The Labute approximate surface area is 244 Å². The van der Waals surface area contributed by atoms with Crippen molar-refractivity contribution in [2.75, 3.05) is 6.54 Å². The quantitative estimate of drug-likeness (QED) is 0.234. The van der Waals surface area contributed by atoms with Gasteiger partial charge in [-0.2, -0.15) is 0 Å². The molecular formula is C32H38FN7O2. The molecule has 42 heavy (non-hydrogen) atoms. The second kappa shape index (κ2) is 10.8. The predicted octanol–water partition coefficient (Wildman–Crippen LogP) is 5.39. The van der Waals surface area contributed by atoms with Gasteiger partial charge in [0.2, 0.25) is 5.91 Å². The van der Waals surface area contributed by atoms with Gasteiger partial charge in [0.05, 0.1) is 40.9 Å². The fourth-order valence-corrected chi connectivity index (χ4v) is 6.16. The van der Waals surface area contributed by atoms with E-state index in [-0.39, 0.29) is 29.9 Å². The van der Waals surface area contributed by atoms with Crippen LogP contribution >= 0.6 is 0 Å². The van der Waals surface area contributed by atoms with Crippen molar-refractivity contribution in [2.24, 2.45) is 23.1 Å². The lowest BCUT2D eigenvalue weighted by atomic mass is 10.0. The summed E-state index contributed by atoms with van der Waals surface area (Å²) in [5.41, 5.74) is 22.5. The number of carbonyl (C=O) groups excluding carboxylic acids is 1. The van der Waals surface area contributed by atoms with Gasteiger partial charge in [0.15, 0.2) is 12.0 Å². The zero-order valence-electron chi connectivity index (χ0n) is 24.2. The number of likely N-dealkylation sites (tertiary alicyclic amines) is 1. The van der Waals surface area contributed by atoms with Gasteiger partial charge >= 0.3 is 0 Å². The Morgan fingerprint density at radius 3 is 2.81 bits per heavy atom. The first-order chi connectivity index (χ1) is 20.2. The summed E-state index contributed by atoms with van der Waals surface area (Å²) < 4.78 is 24.6. The van der Waals surface area contributed by atoms with Crippen molar-refractivity contribution in [1.29, 1.82) is 0 Å². The summed E-state index contributed by atoms with van der Waals surface area (Å²) in [5.74, 6) is 1.05. The minimum absolute atomic E-state index is 0.0409. The molecule has 9 nitrogen and oxygen atoms in total. The number of benzene rings is 2. The number of carbonyl (C=O) groups is 1. The van der Waals surface area contributed by atoms with E-state index in [0.29, 0.717) is 46.6 Å². The van der Waals surface area contributed by atoms with Gasteiger partial charge in [-0.15, -0.1) is 0 Å². The fraction of sp³-hybridized carbons (Fsp3) is 0.375. The number of H-pyrrole nitrogens is 1. The van der Waals surface area contributed by atoms with Gasteiger partial charge in [0, 0.05) is 35.7 Å². The summed E-state index contributed by atoms with van der Waals surface area (Å²) in [4.78, 5) is 23.0. The standard InChI is InChI=1S/C32H38FN7O2/c1-4-6-27-40-24-11-9-18(22(35)15-34)13-21(24)28(33)30(40)20-10-8-19(14-26(20)42-27)23-16-37-31(38-23)25-7-5-12-39(25)32(41)29(36)17(2)3/h8-11,13-17,25,27,29H,4-7,12,34-36H2,1-3H3,(H,37,38)/b22-15-/t25-,27?,29+/m1/s1. The molecule has 1 fully saturated rings. The number of halogens is 1. The number of aromatic nitrogens is 3. The summed E-state index contributed by atoms with van der Waals surface area (Å²) in [6, 6.07) is 10.5. The van der Waals surface area contributed by atoms with Crippen LogP contribution in [0, 0.1) is 11.7 Å². The molecule has 4 heterocycles. The molecule has 1 amide bonds. The van der Waals surface area contributed by atoms with Crippen molar-refractivity contribution in [3.63, 3.8) is 0 Å². The molecule has 0 saturated carbocycles. The topological polar surface area (TPSA) is 141 Å². The molecule has 6 rings (SSSR count). The third kappa shape index (κ3) is 4.50. The van der Waals surface area contributed by atoms with E-state index >= 15 is 4.39 Å². The maximum absolute atomic E-state index is 16.1. The van der Waals surface area contributed by atoms with Gasteiger partial charge in [0.1, 0.15) is 11.6 Å². The van der Waals surface area contributed by atoms with E-state index in [1.165, 1.54) is 6.20 Å². The molecule has 2 aliphatic rings. The van der Waals surface area contributed by atoms with Crippen LogP contribution < -0.4 is 21.9 Å². The van der Waals surface area contributed by atoms with Gasteiger partial charge in [-0.3, -0.25) is 4.79 Å². The second-order valence-electron chi connectivity index (χ2n) is 11.6. The lowest BCUT2D eigenvalue weighted by Gasteiger charge is -2.30. The number of nitrogens with two attached hydrogens (primary N) is 3. The highest BCUT2D eigenvalue weighted by Gasteiger charge is 2.36. The van der Waals surface area contributed by atoms with E-state index < -0.39 is 6.04 Å². The number of amides is 1. The van der Waals surface area contributed by atoms with E-state index in [4.69, 9.17) is 21.9 Å². The number of imidazole rings is 1. The van der Waals surface area contributed by atoms with E-state index in [2.05, 4.69) is 16.9 Å². The Bertz CT molecular complexity index is 1690. The Morgan fingerprint density at radius 2 is 2.07 bits per heavy atom. The van der Waals surface area contributed by atoms with Gasteiger partial charge in [-0.1, -0.05) is 39.3 Å². The van der Waals surface area contributed by atoms with Crippen LogP contribution in [0.1, 0.15) is 70.1 Å². The third-order valence-corrected chi connectivity index (χ3v) is 8.54. The number of fused-ring (bicyclic) bond motifs is 5. The van der Waals surface area contributed by atoms with Gasteiger partial charge in [0.25, 0.3) is 0 Å². The average Bonchev–Trinajstić information content (AvgIpc) is 3.74. The highest BCUT2D eigenvalue weighted by molar-refractivity contribution is 5.92. The van der Waals surface area contributed by atoms with Crippen molar-refractivity contribution in [2.45, 2.75) is 64.8 Å². The van der Waals surface area contributed by atoms with Crippen LogP contribution in [0.25, 0.3) is 39.1 Å². The molecule has 4 aromatic rings.